The first-order valence-electron chi connectivity index (χ1n) is 9.36. The fourth-order valence-corrected chi connectivity index (χ4v) is 3.76. The molecule has 6 heteroatoms. The van der Waals surface area contributed by atoms with Crippen LogP contribution in [0.3, 0.4) is 0 Å². The zero-order valence-corrected chi connectivity index (χ0v) is 14.8. The predicted molar refractivity (Wildman–Crippen MR) is 96.6 cm³/mol. The van der Waals surface area contributed by atoms with Crippen molar-refractivity contribution in [3.05, 3.63) is 42.2 Å². The minimum atomic E-state index is 0.828. The van der Waals surface area contributed by atoms with Crippen LogP contribution in [0.5, 0.6) is 0 Å². The molecule has 6 nitrogen and oxygen atoms in total. The standard InChI is InChI=1S/C19H27N5O/c1-2-4-19(5-3-1)24-20-14-18(21-24)16-22-8-6-17(7-9-22)15-23-10-12-25-13-11-23/h1-5,14,17H,6-13,15-16H2. The summed E-state index contributed by atoms with van der Waals surface area (Å²) < 4.78 is 5.44. The average molecular weight is 341 g/mol. The monoisotopic (exact) mass is 341 g/mol. The number of para-hydroxylation sites is 1. The third-order valence-electron chi connectivity index (χ3n) is 5.24. The van der Waals surface area contributed by atoms with Crippen LogP contribution < -0.4 is 0 Å². The van der Waals surface area contributed by atoms with Crippen molar-refractivity contribution in [3.8, 4) is 5.69 Å². The summed E-state index contributed by atoms with van der Waals surface area (Å²) in [5, 5.41) is 9.03. The quantitative estimate of drug-likeness (QED) is 0.830. The van der Waals surface area contributed by atoms with Crippen LogP contribution in [0.25, 0.3) is 5.69 Å². The van der Waals surface area contributed by atoms with Gasteiger partial charge in [0.1, 0.15) is 0 Å². The summed E-state index contributed by atoms with van der Waals surface area (Å²) in [7, 11) is 0. The number of aromatic nitrogens is 3. The van der Waals surface area contributed by atoms with Gasteiger partial charge in [0.2, 0.25) is 0 Å². The van der Waals surface area contributed by atoms with E-state index in [4.69, 9.17) is 4.74 Å². The largest absolute Gasteiger partial charge is 0.379 e. The Labute approximate surface area is 149 Å². The summed E-state index contributed by atoms with van der Waals surface area (Å²) in [6.07, 6.45) is 4.46. The molecule has 0 saturated carbocycles. The second-order valence-corrected chi connectivity index (χ2v) is 7.09. The Bertz CT molecular complexity index is 645. The second-order valence-electron chi connectivity index (χ2n) is 7.09. The number of nitrogens with zero attached hydrogens (tertiary/aromatic N) is 5. The van der Waals surface area contributed by atoms with Gasteiger partial charge in [-0.1, -0.05) is 18.2 Å². The average Bonchev–Trinajstić information content (AvgIpc) is 3.14. The van der Waals surface area contributed by atoms with Gasteiger partial charge in [0.05, 0.1) is 30.8 Å². The highest BCUT2D eigenvalue weighted by atomic mass is 16.5. The molecule has 2 aromatic rings. The lowest BCUT2D eigenvalue weighted by Gasteiger charge is -2.35. The lowest BCUT2D eigenvalue weighted by atomic mass is 9.96. The van der Waals surface area contributed by atoms with Crippen molar-refractivity contribution < 1.29 is 4.74 Å². The van der Waals surface area contributed by atoms with Gasteiger partial charge in [-0.2, -0.15) is 15.0 Å². The van der Waals surface area contributed by atoms with E-state index in [0.717, 1.165) is 63.2 Å². The maximum absolute atomic E-state index is 5.44. The molecule has 0 unspecified atom stereocenters. The molecule has 1 aromatic carbocycles. The van der Waals surface area contributed by atoms with Crippen molar-refractivity contribution in [1.29, 1.82) is 0 Å². The SMILES string of the molecule is c1ccc(-n2ncc(CN3CCC(CN4CCOCC4)CC3)n2)cc1. The first-order chi connectivity index (χ1) is 12.4. The Morgan fingerprint density at radius 1 is 0.960 bits per heavy atom. The number of rotatable bonds is 5. The molecule has 0 spiro atoms. The van der Waals surface area contributed by atoms with Gasteiger partial charge in [-0.3, -0.25) is 9.80 Å². The van der Waals surface area contributed by atoms with Gasteiger partial charge in [0.15, 0.2) is 0 Å². The van der Waals surface area contributed by atoms with E-state index >= 15 is 0 Å². The van der Waals surface area contributed by atoms with E-state index in [2.05, 4.69) is 20.0 Å². The molecule has 0 radical (unpaired) electrons. The molecule has 2 aliphatic heterocycles. The van der Waals surface area contributed by atoms with Crippen LogP contribution in [0, 0.1) is 5.92 Å². The Morgan fingerprint density at radius 3 is 2.48 bits per heavy atom. The van der Waals surface area contributed by atoms with Crippen LogP contribution in [-0.2, 0) is 11.3 Å². The van der Waals surface area contributed by atoms with Gasteiger partial charge < -0.3 is 4.74 Å². The number of hydrogen-bond donors (Lipinski definition) is 0. The number of ether oxygens (including phenoxy) is 1. The number of piperidine rings is 1. The zero-order valence-electron chi connectivity index (χ0n) is 14.8. The molecular formula is C19H27N5O. The van der Waals surface area contributed by atoms with Crippen LogP contribution in [-0.4, -0.2) is 70.7 Å². The van der Waals surface area contributed by atoms with Crippen molar-refractivity contribution in [2.75, 3.05) is 45.9 Å². The lowest BCUT2D eigenvalue weighted by Crippen LogP contribution is -2.42. The lowest BCUT2D eigenvalue weighted by molar-refractivity contribution is 0.0241. The molecule has 2 fully saturated rings. The smallest absolute Gasteiger partial charge is 0.0971 e. The highest BCUT2D eigenvalue weighted by Gasteiger charge is 2.23. The minimum absolute atomic E-state index is 0.828. The minimum Gasteiger partial charge on any atom is -0.379 e. The molecule has 4 rings (SSSR count). The van der Waals surface area contributed by atoms with E-state index in [1.807, 2.05) is 36.5 Å². The molecule has 0 amide bonds. The van der Waals surface area contributed by atoms with Crippen molar-refractivity contribution in [2.45, 2.75) is 19.4 Å². The fourth-order valence-electron chi connectivity index (χ4n) is 3.76. The van der Waals surface area contributed by atoms with Gasteiger partial charge in [-0.25, -0.2) is 0 Å². The summed E-state index contributed by atoms with van der Waals surface area (Å²) in [4.78, 5) is 6.80. The van der Waals surface area contributed by atoms with Gasteiger partial charge in [-0.15, -0.1) is 0 Å². The number of hydrogen-bond acceptors (Lipinski definition) is 5. The van der Waals surface area contributed by atoms with E-state index in [1.165, 1.54) is 19.4 Å². The third kappa shape index (κ3) is 4.45. The van der Waals surface area contributed by atoms with Gasteiger partial charge in [0, 0.05) is 26.2 Å². The highest BCUT2D eigenvalue weighted by molar-refractivity contribution is 5.28. The predicted octanol–water partition coefficient (Wildman–Crippen LogP) is 1.81. The maximum atomic E-state index is 5.44. The normalized spacial score (nSPS) is 20.8. The van der Waals surface area contributed by atoms with Crippen LogP contribution in [0.15, 0.2) is 36.5 Å². The van der Waals surface area contributed by atoms with Crippen LogP contribution in [0.4, 0.5) is 0 Å². The summed E-state index contributed by atoms with van der Waals surface area (Å²) in [6.45, 7) is 8.45. The van der Waals surface area contributed by atoms with Crippen LogP contribution in [0.2, 0.25) is 0 Å². The summed E-state index contributed by atoms with van der Waals surface area (Å²) in [5.74, 6) is 0.828. The van der Waals surface area contributed by atoms with Gasteiger partial charge in [-0.05, 0) is 44.0 Å². The van der Waals surface area contributed by atoms with Crippen molar-refractivity contribution in [2.24, 2.45) is 5.92 Å². The van der Waals surface area contributed by atoms with E-state index < -0.39 is 0 Å². The number of morpholine rings is 1. The molecule has 2 saturated heterocycles. The molecule has 3 heterocycles. The van der Waals surface area contributed by atoms with E-state index in [9.17, 15) is 0 Å². The van der Waals surface area contributed by atoms with Crippen LogP contribution in [0.1, 0.15) is 18.5 Å². The van der Waals surface area contributed by atoms with E-state index in [-0.39, 0.29) is 0 Å². The molecule has 1 aromatic heterocycles. The molecule has 0 aliphatic carbocycles. The van der Waals surface area contributed by atoms with Gasteiger partial charge in [0.25, 0.3) is 0 Å². The number of likely N-dealkylation sites (tertiary alicyclic amines) is 1. The number of benzene rings is 1. The van der Waals surface area contributed by atoms with Gasteiger partial charge >= 0.3 is 0 Å². The first-order valence-corrected chi connectivity index (χ1v) is 9.36. The zero-order chi connectivity index (χ0) is 16.9. The van der Waals surface area contributed by atoms with Crippen LogP contribution >= 0.6 is 0 Å². The molecule has 0 atom stereocenters. The van der Waals surface area contributed by atoms with Crippen molar-refractivity contribution >= 4 is 0 Å². The summed E-state index contributed by atoms with van der Waals surface area (Å²) in [5.41, 5.74) is 2.06. The Morgan fingerprint density at radius 2 is 1.72 bits per heavy atom. The fraction of sp³-hybridized carbons (Fsp3) is 0.579. The topological polar surface area (TPSA) is 46.4 Å². The molecule has 134 valence electrons. The molecule has 2 aliphatic rings. The Balaban J connectivity index is 1.25. The van der Waals surface area contributed by atoms with Crippen molar-refractivity contribution in [3.63, 3.8) is 0 Å². The summed E-state index contributed by atoms with van der Waals surface area (Å²) in [6, 6.07) is 10.1. The first kappa shape index (κ1) is 16.7. The second kappa shape index (κ2) is 8.08. The third-order valence-corrected chi connectivity index (χ3v) is 5.24. The molecule has 0 bridgehead atoms. The van der Waals surface area contributed by atoms with E-state index in [1.54, 1.807) is 4.80 Å². The van der Waals surface area contributed by atoms with E-state index in [0.29, 0.717) is 0 Å². The Kier molecular flexibility index (Phi) is 5.40. The Hall–Kier alpha value is -1.76. The highest BCUT2D eigenvalue weighted by Crippen LogP contribution is 2.20. The van der Waals surface area contributed by atoms with Crippen molar-refractivity contribution in [1.82, 2.24) is 24.8 Å². The molecule has 0 N–H and O–H groups in total. The molecular weight excluding hydrogens is 314 g/mol. The maximum Gasteiger partial charge on any atom is 0.0971 e. The molecule has 25 heavy (non-hydrogen) atoms. The summed E-state index contributed by atoms with van der Waals surface area (Å²) >= 11 is 0.